The standard InChI is InChI=1S/C8H10BrNO/c1-11-6-10-8-5-3-2-4-7(8)9/h2-5,10H,6H2,1H3. The van der Waals surface area contributed by atoms with Crippen molar-refractivity contribution in [3.63, 3.8) is 0 Å². The lowest BCUT2D eigenvalue weighted by Crippen LogP contribution is -2.02. The Balaban J connectivity index is 2.62. The smallest absolute Gasteiger partial charge is 0.116 e. The first-order valence-electron chi connectivity index (χ1n) is 3.32. The van der Waals surface area contributed by atoms with Gasteiger partial charge in [0.25, 0.3) is 0 Å². The number of rotatable bonds is 3. The van der Waals surface area contributed by atoms with E-state index in [1.807, 2.05) is 24.3 Å². The molecule has 3 heteroatoms. The highest BCUT2D eigenvalue weighted by atomic mass is 79.9. The SMILES string of the molecule is COCNc1ccccc1Br. The van der Waals surface area contributed by atoms with Crippen molar-refractivity contribution < 1.29 is 4.74 Å². The molecule has 0 saturated heterocycles. The van der Waals surface area contributed by atoms with Crippen LogP contribution in [0.3, 0.4) is 0 Å². The third kappa shape index (κ3) is 2.52. The molecular weight excluding hydrogens is 206 g/mol. The van der Waals surface area contributed by atoms with Crippen molar-refractivity contribution in [1.29, 1.82) is 0 Å². The average Bonchev–Trinajstić information content (AvgIpc) is 2.03. The molecule has 1 N–H and O–H groups in total. The van der Waals surface area contributed by atoms with Crippen LogP contribution >= 0.6 is 15.9 Å². The Labute approximate surface area is 74.7 Å². The highest BCUT2D eigenvalue weighted by Gasteiger charge is 1.94. The maximum atomic E-state index is 4.87. The Bertz CT molecular complexity index is 227. The maximum Gasteiger partial charge on any atom is 0.116 e. The Hall–Kier alpha value is -0.540. The van der Waals surface area contributed by atoms with Gasteiger partial charge < -0.3 is 10.1 Å². The fourth-order valence-corrected chi connectivity index (χ4v) is 1.18. The zero-order valence-corrected chi connectivity index (χ0v) is 7.89. The van der Waals surface area contributed by atoms with Crippen molar-refractivity contribution in [2.24, 2.45) is 0 Å². The third-order valence-electron chi connectivity index (χ3n) is 1.28. The monoisotopic (exact) mass is 215 g/mol. The summed E-state index contributed by atoms with van der Waals surface area (Å²) in [5, 5.41) is 3.09. The predicted molar refractivity (Wildman–Crippen MR) is 49.6 cm³/mol. The molecule has 0 unspecified atom stereocenters. The van der Waals surface area contributed by atoms with E-state index in [9.17, 15) is 0 Å². The lowest BCUT2D eigenvalue weighted by molar-refractivity contribution is 0.221. The summed E-state index contributed by atoms with van der Waals surface area (Å²) in [4.78, 5) is 0. The number of nitrogens with one attached hydrogen (secondary N) is 1. The first-order chi connectivity index (χ1) is 5.34. The second-order valence-electron chi connectivity index (χ2n) is 2.09. The van der Waals surface area contributed by atoms with Crippen molar-refractivity contribution in [1.82, 2.24) is 0 Å². The summed E-state index contributed by atoms with van der Waals surface area (Å²) in [7, 11) is 1.66. The Morgan fingerprint density at radius 1 is 1.45 bits per heavy atom. The normalized spacial score (nSPS) is 9.64. The molecule has 0 radical (unpaired) electrons. The van der Waals surface area contributed by atoms with Gasteiger partial charge in [-0.25, -0.2) is 0 Å². The van der Waals surface area contributed by atoms with Gasteiger partial charge in [0.05, 0.1) is 5.69 Å². The molecule has 1 rings (SSSR count). The molecule has 0 aliphatic rings. The van der Waals surface area contributed by atoms with Crippen LogP contribution in [-0.4, -0.2) is 13.8 Å². The summed E-state index contributed by atoms with van der Waals surface area (Å²) >= 11 is 3.41. The van der Waals surface area contributed by atoms with E-state index >= 15 is 0 Å². The van der Waals surface area contributed by atoms with Crippen LogP contribution in [0.1, 0.15) is 0 Å². The van der Waals surface area contributed by atoms with Gasteiger partial charge >= 0.3 is 0 Å². The Morgan fingerprint density at radius 2 is 2.18 bits per heavy atom. The zero-order chi connectivity index (χ0) is 8.10. The van der Waals surface area contributed by atoms with Crippen LogP contribution in [0.15, 0.2) is 28.7 Å². The first kappa shape index (κ1) is 8.56. The van der Waals surface area contributed by atoms with Gasteiger partial charge in [-0.05, 0) is 28.1 Å². The second kappa shape index (κ2) is 4.36. The van der Waals surface area contributed by atoms with E-state index in [4.69, 9.17) is 4.74 Å². The predicted octanol–water partition coefficient (Wildman–Crippen LogP) is 2.46. The van der Waals surface area contributed by atoms with Crippen molar-refractivity contribution in [2.45, 2.75) is 0 Å². The molecular formula is C8H10BrNO. The summed E-state index contributed by atoms with van der Waals surface area (Å²) < 4.78 is 5.92. The summed E-state index contributed by atoms with van der Waals surface area (Å²) in [5.74, 6) is 0. The van der Waals surface area contributed by atoms with Gasteiger partial charge in [0, 0.05) is 11.6 Å². The molecule has 11 heavy (non-hydrogen) atoms. The fraction of sp³-hybridized carbons (Fsp3) is 0.250. The van der Waals surface area contributed by atoms with Gasteiger partial charge in [-0.15, -0.1) is 0 Å². The maximum absolute atomic E-state index is 4.87. The second-order valence-corrected chi connectivity index (χ2v) is 2.94. The average molecular weight is 216 g/mol. The minimum atomic E-state index is 0.530. The van der Waals surface area contributed by atoms with E-state index in [1.165, 1.54) is 0 Å². The van der Waals surface area contributed by atoms with E-state index in [0.29, 0.717) is 6.73 Å². The molecule has 0 amide bonds. The van der Waals surface area contributed by atoms with Gasteiger partial charge in [-0.2, -0.15) is 0 Å². The van der Waals surface area contributed by atoms with Crippen molar-refractivity contribution >= 4 is 21.6 Å². The van der Waals surface area contributed by atoms with Gasteiger partial charge in [-0.1, -0.05) is 12.1 Å². The number of benzene rings is 1. The lowest BCUT2D eigenvalue weighted by Gasteiger charge is -2.05. The van der Waals surface area contributed by atoms with E-state index < -0.39 is 0 Å². The van der Waals surface area contributed by atoms with Crippen molar-refractivity contribution in [2.75, 3.05) is 19.2 Å². The van der Waals surface area contributed by atoms with E-state index in [1.54, 1.807) is 7.11 Å². The van der Waals surface area contributed by atoms with E-state index in [-0.39, 0.29) is 0 Å². The molecule has 0 aliphatic heterocycles. The zero-order valence-electron chi connectivity index (χ0n) is 6.30. The lowest BCUT2D eigenvalue weighted by atomic mass is 10.3. The molecule has 0 atom stereocenters. The van der Waals surface area contributed by atoms with Crippen LogP contribution in [-0.2, 0) is 4.74 Å². The highest BCUT2D eigenvalue weighted by molar-refractivity contribution is 9.10. The number of hydrogen-bond donors (Lipinski definition) is 1. The number of ether oxygens (including phenoxy) is 1. The first-order valence-corrected chi connectivity index (χ1v) is 4.11. The molecule has 0 aliphatic carbocycles. The van der Waals surface area contributed by atoms with Gasteiger partial charge in [0.2, 0.25) is 0 Å². The molecule has 60 valence electrons. The molecule has 1 aromatic carbocycles. The molecule has 0 bridgehead atoms. The number of anilines is 1. The molecule has 0 spiro atoms. The molecule has 0 saturated carbocycles. The largest absolute Gasteiger partial charge is 0.365 e. The summed E-state index contributed by atoms with van der Waals surface area (Å²) in [6, 6.07) is 7.92. The van der Waals surface area contributed by atoms with Crippen LogP contribution in [0, 0.1) is 0 Å². The van der Waals surface area contributed by atoms with Crippen LogP contribution in [0.5, 0.6) is 0 Å². The number of para-hydroxylation sites is 1. The molecule has 2 nitrogen and oxygen atoms in total. The fourth-order valence-electron chi connectivity index (χ4n) is 0.754. The molecule has 0 heterocycles. The van der Waals surface area contributed by atoms with Crippen molar-refractivity contribution in [3.8, 4) is 0 Å². The minimum absolute atomic E-state index is 0.530. The summed E-state index contributed by atoms with van der Waals surface area (Å²) in [6.45, 7) is 0.530. The number of hydrogen-bond acceptors (Lipinski definition) is 2. The van der Waals surface area contributed by atoms with Crippen molar-refractivity contribution in [3.05, 3.63) is 28.7 Å². The van der Waals surface area contributed by atoms with Crippen LogP contribution in [0.2, 0.25) is 0 Å². The van der Waals surface area contributed by atoms with Gasteiger partial charge in [-0.3, -0.25) is 0 Å². The Kier molecular flexibility index (Phi) is 3.39. The number of methoxy groups -OCH3 is 1. The van der Waals surface area contributed by atoms with E-state index in [2.05, 4.69) is 21.2 Å². The quantitative estimate of drug-likeness (QED) is 0.783. The molecule has 0 fully saturated rings. The van der Waals surface area contributed by atoms with Crippen LogP contribution in [0.4, 0.5) is 5.69 Å². The van der Waals surface area contributed by atoms with Crippen LogP contribution < -0.4 is 5.32 Å². The summed E-state index contributed by atoms with van der Waals surface area (Å²) in [5.41, 5.74) is 1.05. The number of halogens is 1. The van der Waals surface area contributed by atoms with E-state index in [0.717, 1.165) is 10.2 Å². The minimum Gasteiger partial charge on any atom is -0.365 e. The molecule has 0 aromatic heterocycles. The van der Waals surface area contributed by atoms with Crippen LogP contribution in [0.25, 0.3) is 0 Å². The summed E-state index contributed by atoms with van der Waals surface area (Å²) in [6.07, 6.45) is 0. The topological polar surface area (TPSA) is 21.3 Å². The van der Waals surface area contributed by atoms with Gasteiger partial charge in [0.15, 0.2) is 0 Å². The Morgan fingerprint density at radius 3 is 2.82 bits per heavy atom. The highest BCUT2D eigenvalue weighted by Crippen LogP contribution is 2.20. The molecule has 1 aromatic rings. The van der Waals surface area contributed by atoms with Gasteiger partial charge in [0.1, 0.15) is 6.73 Å². The third-order valence-corrected chi connectivity index (χ3v) is 1.97.